The first-order valence-electron chi connectivity index (χ1n) is 7.86. The Labute approximate surface area is 154 Å². The number of hydrogen-bond donors (Lipinski definition) is 0. The van der Waals surface area contributed by atoms with Gasteiger partial charge in [-0.1, -0.05) is 11.8 Å². The van der Waals surface area contributed by atoms with Gasteiger partial charge in [0.25, 0.3) is 0 Å². The van der Waals surface area contributed by atoms with E-state index < -0.39 is 0 Å². The topological polar surface area (TPSA) is 76.6 Å². The van der Waals surface area contributed by atoms with Gasteiger partial charge in [-0.05, 0) is 35.9 Å². The zero-order valence-electron chi connectivity index (χ0n) is 14.1. The van der Waals surface area contributed by atoms with Gasteiger partial charge in [0.2, 0.25) is 0 Å². The Bertz CT molecular complexity index is 923. The normalized spacial score (nSPS) is 10.7. The maximum Gasteiger partial charge on any atom is 0.191 e. The maximum atomic E-state index is 14.0. The highest BCUT2D eigenvalue weighted by atomic mass is 32.2. The molecule has 0 saturated heterocycles. The molecular formula is C18H16FN5OS. The summed E-state index contributed by atoms with van der Waals surface area (Å²) in [5.41, 5.74) is 1.79. The fourth-order valence-corrected chi connectivity index (χ4v) is 3.33. The van der Waals surface area contributed by atoms with Gasteiger partial charge in [-0.2, -0.15) is 5.26 Å². The van der Waals surface area contributed by atoms with Crippen molar-refractivity contribution in [2.24, 2.45) is 0 Å². The van der Waals surface area contributed by atoms with E-state index in [9.17, 15) is 4.39 Å². The van der Waals surface area contributed by atoms with Crippen LogP contribution in [0.15, 0.2) is 47.9 Å². The van der Waals surface area contributed by atoms with Gasteiger partial charge in [0.15, 0.2) is 11.0 Å². The van der Waals surface area contributed by atoms with Crippen LogP contribution in [0.5, 0.6) is 0 Å². The van der Waals surface area contributed by atoms with Crippen LogP contribution in [0, 0.1) is 17.1 Å². The molecule has 26 heavy (non-hydrogen) atoms. The van der Waals surface area contributed by atoms with Crippen LogP contribution in [0.4, 0.5) is 4.39 Å². The molecule has 0 aliphatic heterocycles. The molecule has 0 amide bonds. The van der Waals surface area contributed by atoms with Crippen molar-refractivity contribution in [2.75, 3.05) is 13.7 Å². The van der Waals surface area contributed by atoms with E-state index in [1.54, 1.807) is 25.6 Å². The summed E-state index contributed by atoms with van der Waals surface area (Å²) in [5.74, 6) is 0.718. The Hall–Kier alpha value is -2.76. The van der Waals surface area contributed by atoms with Crippen LogP contribution in [0.2, 0.25) is 0 Å². The molecule has 6 nitrogen and oxygen atoms in total. The number of rotatable bonds is 7. The first-order valence-corrected chi connectivity index (χ1v) is 8.85. The summed E-state index contributed by atoms with van der Waals surface area (Å²) in [6.07, 6.45) is 3.39. The molecule has 0 saturated carbocycles. The van der Waals surface area contributed by atoms with Crippen molar-refractivity contribution in [3.63, 3.8) is 0 Å². The average molecular weight is 369 g/mol. The van der Waals surface area contributed by atoms with Gasteiger partial charge in [-0.15, -0.1) is 10.2 Å². The second-order valence-electron chi connectivity index (χ2n) is 5.39. The van der Waals surface area contributed by atoms with E-state index in [-0.39, 0.29) is 5.82 Å². The minimum absolute atomic E-state index is 0.339. The fourth-order valence-electron chi connectivity index (χ4n) is 2.39. The maximum absolute atomic E-state index is 14.0. The van der Waals surface area contributed by atoms with E-state index in [2.05, 4.69) is 15.2 Å². The molecule has 0 N–H and O–H groups in total. The van der Waals surface area contributed by atoms with Crippen molar-refractivity contribution < 1.29 is 9.13 Å². The summed E-state index contributed by atoms with van der Waals surface area (Å²) in [5, 5.41) is 18.2. The van der Waals surface area contributed by atoms with Gasteiger partial charge in [0, 0.05) is 30.8 Å². The number of nitriles is 1. The van der Waals surface area contributed by atoms with E-state index in [4.69, 9.17) is 10.00 Å². The van der Waals surface area contributed by atoms with E-state index in [1.807, 2.05) is 22.8 Å². The van der Waals surface area contributed by atoms with Gasteiger partial charge in [-0.3, -0.25) is 9.55 Å². The van der Waals surface area contributed by atoms with Gasteiger partial charge >= 0.3 is 0 Å². The first kappa shape index (κ1) is 18.0. The molecule has 0 unspecified atom stereocenters. The van der Waals surface area contributed by atoms with Gasteiger partial charge in [0.1, 0.15) is 5.82 Å². The lowest BCUT2D eigenvalue weighted by molar-refractivity contribution is 0.185. The molecule has 0 atom stereocenters. The van der Waals surface area contributed by atoms with Gasteiger partial charge in [0.05, 0.1) is 24.8 Å². The zero-order valence-corrected chi connectivity index (χ0v) is 14.9. The number of ether oxygens (including phenoxy) is 1. The van der Waals surface area contributed by atoms with Gasteiger partial charge < -0.3 is 4.74 Å². The molecule has 0 aliphatic rings. The highest BCUT2D eigenvalue weighted by Gasteiger charge is 2.15. The third-order valence-electron chi connectivity index (χ3n) is 3.71. The number of methoxy groups -OCH3 is 1. The number of halogens is 1. The number of benzene rings is 1. The van der Waals surface area contributed by atoms with Crippen molar-refractivity contribution in [1.29, 1.82) is 5.26 Å². The molecule has 8 heteroatoms. The highest BCUT2D eigenvalue weighted by Crippen LogP contribution is 2.27. The third kappa shape index (κ3) is 4.07. The van der Waals surface area contributed by atoms with E-state index >= 15 is 0 Å². The van der Waals surface area contributed by atoms with E-state index in [0.717, 1.165) is 5.56 Å². The monoisotopic (exact) mass is 369 g/mol. The highest BCUT2D eigenvalue weighted by molar-refractivity contribution is 7.98. The van der Waals surface area contributed by atoms with Crippen molar-refractivity contribution in [3.05, 3.63) is 59.7 Å². The molecule has 0 spiro atoms. The Morgan fingerprint density at radius 1 is 1.23 bits per heavy atom. The van der Waals surface area contributed by atoms with Gasteiger partial charge in [-0.25, -0.2) is 4.39 Å². The SMILES string of the molecule is COCCn1c(SCc2cc(C#N)ccc2F)nnc1-c1ccncc1. The molecule has 0 fully saturated rings. The Morgan fingerprint density at radius 3 is 2.77 bits per heavy atom. The lowest BCUT2D eigenvalue weighted by Crippen LogP contribution is -2.07. The molecule has 2 aromatic heterocycles. The van der Waals surface area contributed by atoms with Crippen LogP contribution in [0.3, 0.4) is 0 Å². The molecular weight excluding hydrogens is 353 g/mol. The summed E-state index contributed by atoms with van der Waals surface area (Å²) in [6, 6.07) is 10.1. The predicted octanol–water partition coefficient (Wildman–Crippen LogP) is 3.29. The largest absolute Gasteiger partial charge is 0.383 e. The van der Waals surface area contributed by atoms with Crippen molar-refractivity contribution in [3.8, 4) is 17.5 Å². The summed E-state index contributed by atoms with van der Waals surface area (Å²) < 4.78 is 21.1. The first-order chi connectivity index (χ1) is 12.7. The summed E-state index contributed by atoms with van der Waals surface area (Å²) in [7, 11) is 1.63. The number of nitrogens with zero attached hydrogens (tertiary/aromatic N) is 5. The van der Waals surface area contributed by atoms with Crippen LogP contribution >= 0.6 is 11.8 Å². The summed E-state index contributed by atoms with van der Waals surface area (Å²) >= 11 is 1.37. The van der Waals surface area contributed by atoms with Crippen LogP contribution in [-0.4, -0.2) is 33.5 Å². The van der Waals surface area contributed by atoms with Crippen molar-refractivity contribution in [2.45, 2.75) is 17.5 Å². The van der Waals surface area contributed by atoms with Crippen molar-refractivity contribution in [1.82, 2.24) is 19.7 Å². The Balaban J connectivity index is 1.86. The predicted molar refractivity (Wildman–Crippen MR) is 95.8 cm³/mol. The lowest BCUT2D eigenvalue weighted by atomic mass is 10.1. The standard InChI is InChI=1S/C18H16FN5OS/c1-25-9-8-24-17(14-4-6-21-7-5-14)22-23-18(24)26-12-15-10-13(11-20)2-3-16(15)19/h2-7,10H,8-9,12H2,1H3. The molecule has 2 heterocycles. The average Bonchev–Trinajstić information content (AvgIpc) is 3.09. The molecule has 0 radical (unpaired) electrons. The molecule has 0 bridgehead atoms. The number of hydrogen-bond acceptors (Lipinski definition) is 6. The van der Waals surface area contributed by atoms with E-state index in [0.29, 0.717) is 41.0 Å². The van der Waals surface area contributed by atoms with Crippen molar-refractivity contribution >= 4 is 11.8 Å². The summed E-state index contributed by atoms with van der Waals surface area (Å²) in [6.45, 7) is 1.08. The number of pyridine rings is 1. The number of thioether (sulfide) groups is 1. The molecule has 132 valence electrons. The smallest absolute Gasteiger partial charge is 0.191 e. The number of aromatic nitrogens is 4. The van der Waals surface area contributed by atoms with E-state index in [1.165, 1.54) is 23.9 Å². The molecule has 3 aromatic rings. The zero-order chi connectivity index (χ0) is 18.4. The Morgan fingerprint density at radius 2 is 2.04 bits per heavy atom. The minimum atomic E-state index is -0.339. The van der Waals surface area contributed by atoms with Crippen LogP contribution in [0.1, 0.15) is 11.1 Å². The summed E-state index contributed by atoms with van der Waals surface area (Å²) in [4.78, 5) is 4.02. The molecule has 1 aromatic carbocycles. The lowest BCUT2D eigenvalue weighted by Gasteiger charge is -2.10. The minimum Gasteiger partial charge on any atom is -0.383 e. The quantitative estimate of drug-likeness (QED) is 0.595. The second-order valence-corrected chi connectivity index (χ2v) is 6.34. The third-order valence-corrected chi connectivity index (χ3v) is 4.72. The van der Waals surface area contributed by atoms with Crippen LogP contribution in [-0.2, 0) is 17.0 Å². The van der Waals surface area contributed by atoms with Crippen LogP contribution in [0.25, 0.3) is 11.4 Å². The fraction of sp³-hybridized carbons (Fsp3) is 0.222. The molecule has 0 aliphatic carbocycles. The van der Waals surface area contributed by atoms with Crippen LogP contribution < -0.4 is 0 Å². The Kier molecular flexibility index (Phi) is 5.94. The second kappa shape index (κ2) is 8.56. The molecule has 3 rings (SSSR count).